The zero-order valence-corrected chi connectivity index (χ0v) is 11.2. The summed E-state index contributed by atoms with van der Waals surface area (Å²) in [5.74, 6) is 0.770. The van der Waals surface area contributed by atoms with E-state index in [2.05, 4.69) is 15.7 Å². The number of aryl methyl sites for hydroxylation is 2. The SMILES string of the molecule is Cc1cc(C)n(CC(=O)NCCC2CCNC2)n1. The monoisotopic (exact) mass is 250 g/mol. The van der Waals surface area contributed by atoms with Crippen molar-refractivity contribution in [2.45, 2.75) is 33.2 Å². The summed E-state index contributed by atoms with van der Waals surface area (Å²) >= 11 is 0. The molecular formula is C13H22N4O. The van der Waals surface area contributed by atoms with Crippen molar-refractivity contribution in [2.24, 2.45) is 5.92 Å². The summed E-state index contributed by atoms with van der Waals surface area (Å²) in [4.78, 5) is 11.8. The standard InChI is InChI=1S/C13H22N4O/c1-10-7-11(2)17(16-10)9-13(18)15-6-4-12-3-5-14-8-12/h7,12,14H,3-6,8-9H2,1-2H3,(H,15,18). The van der Waals surface area contributed by atoms with E-state index in [9.17, 15) is 4.79 Å². The van der Waals surface area contributed by atoms with Gasteiger partial charge >= 0.3 is 0 Å². The van der Waals surface area contributed by atoms with Gasteiger partial charge in [0.2, 0.25) is 5.91 Å². The third kappa shape index (κ3) is 3.57. The maximum absolute atomic E-state index is 11.8. The van der Waals surface area contributed by atoms with Crippen molar-refractivity contribution in [1.29, 1.82) is 0 Å². The first kappa shape index (κ1) is 13.1. The minimum atomic E-state index is 0.0483. The second kappa shape index (κ2) is 6.00. The maximum Gasteiger partial charge on any atom is 0.241 e. The molecule has 1 atom stereocenters. The molecular weight excluding hydrogens is 228 g/mol. The number of carbonyl (C=O) groups is 1. The molecule has 0 radical (unpaired) electrons. The van der Waals surface area contributed by atoms with Crippen molar-refractivity contribution in [1.82, 2.24) is 20.4 Å². The van der Waals surface area contributed by atoms with E-state index >= 15 is 0 Å². The Morgan fingerprint density at radius 1 is 1.61 bits per heavy atom. The molecule has 2 rings (SSSR count). The molecule has 5 nitrogen and oxygen atoms in total. The van der Waals surface area contributed by atoms with Gasteiger partial charge in [0, 0.05) is 12.2 Å². The normalized spacial score (nSPS) is 19.1. The number of nitrogens with zero attached hydrogens (tertiary/aromatic N) is 2. The smallest absolute Gasteiger partial charge is 0.241 e. The Hall–Kier alpha value is -1.36. The highest BCUT2D eigenvalue weighted by Gasteiger charge is 2.14. The van der Waals surface area contributed by atoms with Gasteiger partial charge in [0.15, 0.2) is 0 Å². The van der Waals surface area contributed by atoms with Gasteiger partial charge in [-0.25, -0.2) is 0 Å². The van der Waals surface area contributed by atoms with Crippen LogP contribution in [0.15, 0.2) is 6.07 Å². The number of hydrogen-bond donors (Lipinski definition) is 2. The molecule has 18 heavy (non-hydrogen) atoms. The van der Waals surface area contributed by atoms with Crippen LogP contribution in [0.25, 0.3) is 0 Å². The maximum atomic E-state index is 11.8. The molecule has 1 aliphatic heterocycles. The van der Waals surface area contributed by atoms with Crippen molar-refractivity contribution >= 4 is 5.91 Å². The van der Waals surface area contributed by atoms with Crippen LogP contribution in [0.3, 0.4) is 0 Å². The van der Waals surface area contributed by atoms with Crippen molar-refractivity contribution < 1.29 is 4.79 Å². The fourth-order valence-electron chi connectivity index (χ4n) is 2.40. The fraction of sp³-hybridized carbons (Fsp3) is 0.692. The van der Waals surface area contributed by atoms with Crippen LogP contribution in [0.4, 0.5) is 0 Å². The van der Waals surface area contributed by atoms with Crippen LogP contribution >= 0.6 is 0 Å². The molecule has 0 aromatic carbocycles. The first-order valence-electron chi connectivity index (χ1n) is 6.63. The summed E-state index contributed by atoms with van der Waals surface area (Å²) in [7, 11) is 0. The van der Waals surface area contributed by atoms with Crippen LogP contribution in [-0.4, -0.2) is 35.3 Å². The largest absolute Gasteiger partial charge is 0.354 e. The zero-order chi connectivity index (χ0) is 13.0. The summed E-state index contributed by atoms with van der Waals surface area (Å²) in [6, 6.07) is 1.98. The minimum Gasteiger partial charge on any atom is -0.354 e. The van der Waals surface area contributed by atoms with Crippen LogP contribution in [0.2, 0.25) is 0 Å². The first-order chi connectivity index (χ1) is 8.65. The lowest BCUT2D eigenvalue weighted by molar-refractivity contribution is -0.121. The molecule has 0 saturated carbocycles. The van der Waals surface area contributed by atoms with Crippen molar-refractivity contribution in [3.8, 4) is 0 Å². The average molecular weight is 250 g/mol. The molecule has 5 heteroatoms. The van der Waals surface area contributed by atoms with Crippen molar-refractivity contribution in [3.05, 3.63) is 17.5 Å². The van der Waals surface area contributed by atoms with E-state index in [1.165, 1.54) is 6.42 Å². The van der Waals surface area contributed by atoms with E-state index in [1.807, 2.05) is 19.9 Å². The molecule has 1 fully saturated rings. The Morgan fingerprint density at radius 3 is 3.06 bits per heavy atom. The van der Waals surface area contributed by atoms with Crippen LogP contribution in [0.1, 0.15) is 24.2 Å². The third-order valence-corrected chi connectivity index (χ3v) is 3.43. The highest BCUT2D eigenvalue weighted by atomic mass is 16.2. The van der Waals surface area contributed by atoms with E-state index in [0.717, 1.165) is 43.4 Å². The van der Waals surface area contributed by atoms with Gasteiger partial charge in [-0.1, -0.05) is 0 Å². The highest BCUT2D eigenvalue weighted by Crippen LogP contribution is 2.10. The molecule has 1 unspecified atom stereocenters. The molecule has 0 aliphatic carbocycles. The number of carbonyl (C=O) groups excluding carboxylic acids is 1. The summed E-state index contributed by atoms with van der Waals surface area (Å²) in [6.45, 7) is 7.21. The van der Waals surface area contributed by atoms with Crippen molar-refractivity contribution in [3.63, 3.8) is 0 Å². The van der Waals surface area contributed by atoms with Crippen LogP contribution in [0.5, 0.6) is 0 Å². The van der Waals surface area contributed by atoms with E-state index in [4.69, 9.17) is 0 Å². The Labute approximate surface area is 108 Å². The summed E-state index contributed by atoms with van der Waals surface area (Å²) in [6.07, 6.45) is 2.29. The van der Waals surface area contributed by atoms with Crippen LogP contribution < -0.4 is 10.6 Å². The molecule has 1 aromatic rings. The van der Waals surface area contributed by atoms with Gasteiger partial charge in [0.05, 0.1) is 5.69 Å². The Bertz CT molecular complexity index is 407. The summed E-state index contributed by atoms with van der Waals surface area (Å²) in [5, 5.41) is 10.6. The van der Waals surface area contributed by atoms with Gasteiger partial charge in [-0.05, 0) is 51.8 Å². The lowest BCUT2D eigenvalue weighted by atomic mass is 10.1. The lowest BCUT2D eigenvalue weighted by Crippen LogP contribution is -2.30. The molecule has 1 saturated heterocycles. The van der Waals surface area contributed by atoms with Gasteiger partial charge < -0.3 is 10.6 Å². The summed E-state index contributed by atoms with van der Waals surface area (Å²) < 4.78 is 1.75. The van der Waals surface area contributed by atoms with E-state index in [0.29, 0.717) is 6.54 Å². The number of aromatic nitrogens is 2. The lowest BCUT2D eigenvalue weighted by Gasteiger charge is -2.10. The Morgan fingerprint density at radius 2 is 2.44 bits per heavy atom. The molecule has 2 heterocycles. The van der Waals surface area contributed by atoms with Gasteiger partial charge in [0.25, 0.3) is 0 Å². The Balaban J connectivity index is 1.70. The van der Waals surface area contributed by atoms with Crippen LogP contribution in [-0.2, 0) is 11.3 Å². The quantitative estimate of drug-likeness (QED) is 0.805. The van der Waals surface area contributed by atoms with Gasteiger partial charge in [-0.3, -0.25) is 9.48 Å². The Kier molecular flexibility index (Phi) is 4.36. The second-order valence-corrected chi connectivity index (χ2v) is 5.08. The average Bonchev–Trinajstić information content (AvgIpc) is 2.90. The van der Waals surface area contributed by atoms with Gasteiger partial charge in [-0.15, -0.1) is 0 Å². The molecule has 1 amide bonds. The fourth-order valence-corrected chi connectivity index (χ4v) is 2.40. The van der Waals surface area contributed by atoms with Gasteiger partial charge in [-0.2, -0.15) is 5.10 Å². The predicted octanol–water partition coefficient (Wildman–Crippen LogP) is 0.616. The molecule has 2 N–H and O–H groups in total. The predicted molar refractivity (Wildman–Crippen MR) is 70.3 cm³/mol. The minimum absolute atomic E-state index is 0.0483. The number of nitrogens with one attached hydrogen (secondary N) is 2. The van der Waals surface area contributed by atoms with E-state index < -0.39 is 0 Å². The number of hydrogen-bond acceptors (Lipinski definition) is 3. The third-order valence-electron chi connectivity index (χ3n) is 3.43. The zero-order valence-electron chi connectivity index (χ0n) is 11.2. The molecule has 0 spiro atoms. The molecule has 0 bridgehead atoms. The highest BCUT2D eigenvalue weighted by molar-refractivity contribution is 5.75. The molecule has 1 aromatic heterocycles. The molecule has 1 aliphatic rings. The number of amides is 1. The first-order valence-corrected chi connectivity index (χ1v) is 6.63. The second-order valence-electron chi connectivity index (χ2n) is 5.08. The molecule has 100 valence electrons. The summed E-state index contributed by atoms with van der Waals surface area (Å²) in [5.41, 5.74) is 1.99. The van der Waals surface area contributed by atoms with E-state index in [1.54, 1.807) is 4.68 Å². The van der Waals surface area contributed by atoms with Crippen LogP contribution in [0, 0.1) is 19.8 Å². The van der Waals surface area contributed by atoms with Gasteiger partial charge in [0.1, 0.15) is 6.54 Å². The van der Waals surface area contributed by atoms with Crippen molar-refractivity contribution in [2.75, 3.05) is 19.6 Å². The topological polar surface area (TPSA) is 59.0 Å². The number of rotatable bonds is 5. The van der Waals surface area contributed by atoms with E-state index in [-0.39, 0.29) is 5.91 Å².